The molecule has 1 heteroatoms. The van der Waals surface area contributed by atoms with Gasteiger partial charge in [0.2, 0.25) is 0 Å². The van der Waals surface area contributed by atoms with E-state index in [1.807, 2.05) is 24.3 Å². The van der Waals surface area contributed by atoms with Crippen molar-refractivity contribution in [3.8, 4) is 0 Å². The lowest BCUT2D eigenvalue weighted by molar-refractivity contribution is 0.0716. The maximum absolute atomic E-state index is 11.4. The molecule has 0 aromatic heterocycles. The molecule has 0 spiro atoms. The molecule has 1 aliphatic rings. The lowest BCUT2D eigenvalue weighted by atomic mass is 9.73. The lowest BCUT2D eigenvalue weighted by Crippen LogP contribution is -2.32. The monoisotopic (exact) mass is 290 g/mol. The molecule has 22 heavy (non-hydrogen) atoms. The molecule has 2 aromatic carbocycles. The summed E-state index contributed by atoms with van der Waals surface area (Å²) in [6.45, 7) is 5.92. The van der Waals surface area contributed by atoms with Gasteiger partial charge >= 0.3 is 0 Å². The molecule has 0 aliphatic heterocycles. The third kappa shape index (κ3) is 2.65. The van der Waals surface area contributed by atoms with E-state index in [-0.39, 0.29) is 0 Å². The van der Waals surface area contributed by atoms with E-state index in [0.717, 1.165) is 29.5 Å². The van der Waals surface area contributed by atoms with E-state index in [9.17, 15) is 5.11 Å². The third-order valence-corrected chi connectivity index (χ3v) is 4.52. The second-order valence-corrected chi connectivity index (χ2v) is 6.09. The molecular weight excluding hydrogens is 268 g/mol. The van der Waals surface area contributed by atoms with Crippen LogP contribution in [0.15, 0.2) is 66.8 Å². The maximum Gasteiger partial charge on any atom is 0.115 e. The van der Waals surface area contributed by atoms with Crippen LogP contribution in [0.5, 0.6) is 0 Å². The average molecular weight is 290 g/mol. The highest BCUT2D eigenvalue weighted by molar-refractivity contribution is 5.59. The molecule has 0 heterocycles. The van der Waals surface area contributed by atoms with Crippen molar-refractivity contribution in [3.05, 3.63) is 89.0 Å². The Hall–Kier alpha value is -2.12. The van der Waals surface area contributed by atoms with Crippen molar-refractivity contribution in [2.75, 3.05) is 0 Å². The van der Waals surface area contributed by atoms with E-state index >= 15 is 0 Å². The molecule has 1 atom stereocenters. The Morgan fingerprint density at radius 1 is 1.09 bits per heavy atom. The molecule has 112 valence electrons. The van der Waals surface area contributed by atoms with E-state index in [0.29, 0.717) is 6.42 Å². The smallest absolute Gasteiger partial charge is 0.115 e. The minimum absolute atomic E-state index is 0.543. The van der Waals surface area contributed by atoms with Crippen LogP contribution in [0.2, 0.25) is 0 Å². The number of fused-ring (bicyclic) bond motifs is 1. The number of benzene rings is 2. The Labute approximate surface area is 132 Å². The predicted molar refractivity (Wildman–Crippen MR) is 92.6 cm³/mol. The number of aliphatic hydroxyl groups is 1. The highest BCUT2D eigenvalue weighted by atomic mass is 16.3. The summed E-state index contributed by atoms with van der Waals surface area (Å²) in [5.74, 6) is 0. The van der Waals surface area contributed by atoms with Gasteiger partial charge in [-0.25, -0.2) is 0 Å². The van der Waals surface area contributed by atoms with Crippen LogP contribution in [0.25, 0.3) is 6.08 Å². The van der Waals surface area contributed by atoms with E-state index in [1.54, 1.807) is 0 Å². The number of hydrogen-bond acceptors (Lipinski definition) is 1. The summed E-state index contributed by atoms with van der Waals surface area (Å²) in [6.07, 6.45) is 6.36. The average Bonchev–Trinajstić information content (AvgIpc) is 2.53. The van der Waals surface area contributed by atoms with Gasteiger partial charge in [0.1, 0.15) is 5.60 Å². The van der Waals surface area contributed by atoms with Crippen molar-refractivity contribution in [1.82, 2.24) is 0 Å². The Morgan fingerprint density at radius 3 is 2.55 bits per heavy atom. The van der Waals surface area contributed by atoms with Crippen molar-refractivity contribution in [2.24, 2.45) is 0 Å². The number of aryl methyl sites for hydroxylation is 2. The molecular formula is C21H22O. The summed E-state index contributed by atoms with van der Waals surface area (Å²) in [7, 11) is 0. The highest BCUT2D eigenvalue weighted by Crippen LogP contribution is 2.42. The van der Waals surface area contributed by atoms with Gasteiger partial charge in [0, 0.05) is 6.42 Å². The Kier molecular flexibility index (Phi) is 4.00. The zero-order valence-corrected chi connectivity index (χ0v) is 13.0. The molecule has 0 saturated heterocycles. The van der Waals surface area contributed by atoms with Crippen LogP contribution < -0.4 is 0 Å². The standard InChI is InChI=1S/C21H22O/c1-3-14-21(22)19(15-17-10-8-16(2)9-11-17)13-12-18-6-4-5-7-20(18)21/h3-11,15,22H,1,12-14H2,2H3/b19-15+. The predicted octanol–water partition coefficient (Wildman–Crippen LogP) is 4.79. The van der Waals surface area contributed by atoms with Crippen molar-refractivity contribution in [1.29, 1.82) is 0 Å². The van der Waals surface area contributed by atoms with Gasteiger partial charge in [0.05, 0.1) is 0 Å². The molecule has 3 rings (SSSR count). The van der Waals surface area contributed by atoms with E-state index in [1.165, 1.54) is 11.1 Å². The summed E-state index contributed by atoms with van der Waals surface area (Å²) in [6, 6.07) is 16.6. The van der Waals surface area contributed by atoms with Gasteiger partial charge in [-0.2, -0.15) is 0 Å². The second-order valence-electron chi connectivity index (χ2n) is 6.09. The fourth-order valence-electron chi connectivity index (χ4n) is 3.30. The Bertz CT molecular complexity index is 709. The largest absolute Gasteiger partial charge is 0.380 e. The third-order valence-electron chi connectivity index (χ3n) is 4.52. The van der Waals surface area contributed by atoms with Crippen molar-refractivity contribution in [3.63, 3.8) is 0 Å². The van der Waals surface area contributed by atoms with E-state index < -0.39 is 5.60 Å². The zero-order chi connectivity index (χ0) is 15.6. The molecule has 0 bridgehead atoms. The van der Waals surface area contributed by atoms with Crippen LogP contribution in [-0.2, 0) is 12.0 Å². The molecule has 1 aliphatic carbocycles. The fraction of sp³-hybridized carbons (Fsp3) is 0.238. The van der Waals surface area contributed by atoms with Gasteiger partial charge in [-0.15, -0.1) is 6.58 Å². The summed E-state index contributed by atoms with van der Waals surface area (Å²) in [5, 5.41) is 11.4. The van der Waals surface area contributed by atoms with Gasteiger partial charge in [-0.1, -0.05) is 66.2 Å². The summed E-state index contributed by atoms with van der Waals surface area (Å²) in [4.78, 5) is 0. The topological polar surface area (TPSA) is 20.2 Å². The van der Waals surface area contributed by atoms with E-state index in [2.05, 4.69) is 49.9 Å². The van der Waals surface area contributed by atoms with Gasteiger partial charge in [0.15, 0.2) is 0 Å². The quantitative estimate of drug-likeness (QED) is 0.806. The van der Waals surface area contributed by atoms with Crippen LogP contribution in [-0.4, -0.2) is 5.11 Å². The molecule has 2 aromatic rings. The van der Waals surface area contributed by atoms with E-state index in [4.69, 9.17) is 0 Å². The Morgan fingerprint density at radius 2 is 1.82 bits per heavy atom. The summed E-state index contributed by atoms with van der Waals surface area (Å²) >= 11 is 0. The van der Waals surface area contributed by atoms with Crippen molar-refractivity contribution < 1.29 is 5.11 Å². The SMILES string of the molecule is C=CCC1(O)/C(=C/c2ccc(C)cc2)CCc2ccccc21. The Balaban J connectivity index is 2.08. The highest BCUT2D eigenvalue weighted by Gasteiger charge is 2.37. The van der Waals surface area contributed by atoms with Gasteiger partial charge in [0.25, 0.3) is 0 Å². The maximum atomic E-state index is 11.4. The van der Waals surface area contributed by atoms with Crippen molar-refractivity contribution in [2.45, 2.75) is 31.8 Å². The number of hydrogen-bond donors (Lipinski definition) is 1. The normalized spacial score (nSPS) is 22.4. The molecule has 0 amide bonds. The zero-order valence-electron chi connectivity index (χ0n) is 13.0. The lowest BCUT2D eigenvalue weighted by Gasteiger charge is -2.36. The number of rotatable bonds is 3. The molecule has 0 fully saturated rings. The van der Waals surface area contributed by atoms with Crippen LogP contribution in [0, 0.1) is 6.92 Å². The first-order chi connectivity index (χ1) is 10.6. The molecule has 1 unspecified atom stereocenters. The first-order valence-corrected chi connectivity index (χ1v) is 7.83. The first-order valence-electron chi connectivity index (χ1n) is 7.83. The minimum atomic E-state index is -0.929. The first kappa shape index (κ1) is 14.8. The molecule has 0 saturated carbocycles. The van der Waals surface area contributed by atoms with Crippen molar-refractivity contribution >= 4 is 6.08 Å². The van der Waals surface area contributed by atoms with Gasteiger partial charge < -0.3 is 5.11 Å². The summed E-state index contributed by atoms with van der Waals surface area (Å²) < 4.78 is 0. The second kappa shape index (κ2) is 5.94. The minimum Gasteiger partial charge on any atom is -0.380 e. The van der Waals surface area contributed by atoms with Crippen LogP contribution in [0.1, 0.15) is 35.1 Å². The molecule has 0 radical (unpaired) electrons. The van der Waals surface area contributed by atoms with Crippen LogP contribution in [0.3, 0.4) is 0 Å². The van der Waals surface area contributed by atoms with Crippen LogP contribution in [0.4, 0.5) is 0 Å². The van der Waals surface area contributed by atoms with Crippen LogP contribution >= 0.6 is 0 Å². The van der Waals surface area contributed by atoms with Gasteiger partial charge in [-0.3, -0.25) is 0 Å². The molecule has 1 nitrogen and oxygen atoms in total. The van der Waals surface area contributed by atoms with Gasteiger partial charge in [-0.05, 0) is 42.0 Å². The fourth-order valence-corrected chi connectivity index (χ4v) is 3.30. The summed E-state index contributed by atoms with van der Waals surface area (Å²) in [5.41, 5.74) is 4.81. The molecule has 1 N–H and O–H groups in total.